The number of fused-ring (bicyclic) bond motifs is 1. The van der Waals surface area contributed by atoms with Gasteiger partial charge in [-0.3, -0.25) is 4.79 Å². The number of halogens is 2. The van der Waals surface area contributed by atoms with Gasteiger partial charge in [0.05, 0.1) is 0 Å². The molecular formula is C17H15F2NO. The summed E-state index contributed by atoms with van der Waals surface area (Å²) < 4.78 is 28.2. The van der Waals surface area contributed by atoms with E-state index in [-0.39, 0.29) is 11.3 Å². The lowest BCUT2D eigenvalue weighted by Gasteiger charge is -2.23. The number of hydrogen-bond acceptors (Lipinski definition) is 2. The van der Waals surface area contributed by atoms with Crippen molar-refractivity contribution in [2.24, 2.45) is 0 Å². The molecule has 0 radical (unpaired) electrons. The van der Waals surface area contributed by atoms with Gasteiger partial charge in [0.2, 0.25) is 0 Å². The number of carbonyl (C=O) groups excluding carboxylic acids is 1. The van der Waals surface area contributed by atoms with Crippen LogP contribution in [0.4, 0.5) is 14.5 Å². The molecule has 1 aliphatic heterocycles. The molecule has 108 valence electrons. The summed E-state index contributed by atoms with van der Waals surface area (Å²) in [4.78, 5) is 12.4. The number of carbonyl (C=O) groups is 1. The van der Waals surface area contributed by atoms with Crippen LogP contribution in [0.15, 0.2) is 36.4 Å². The number of nitrogens with zero attached hydrogens (tertiary/aromatic N) is 1. The fourth-order valence-corrected chi connectivity index (χ4v) is 2.85. The van der Waals surface area contributed by atoms with Gasteiger partial charge in [-0.25, -0.2) is 8.78 Å². The van der Waals surface area contributed by atoms with Gasteiger partial charge in [-0.1, -0.05) is 24.3 Å². The van der Waals surface area contributed by atoms with Crippen LogP contribution in [0.5, 0.6) is 0 Å². The lowest BCUT2D eigenvalue weighted by molar-refractivity contribution is 0.112. The molecule has 1 heterocycles. The Morgan fingerprint density at radius 3 is 1.95 bits per heavy atom. The van der Waals surface area contributed by atoms with E-state index in [4.69, 9.17) is 0 Å². The van der Waals surface area contributed by atoms with E-state index in [1.807, 2.05) is 12.1 Å². The van der Waals surface area contributed by atoms with Crippen molar-refractivity contribution in [3.63, 3.8) is 0 Å². The van der Waals surface area contributed by atoms with Crippen LogP contribution in [0, 0.1) is 11.6 Å². The van der Waals surface area contributed by atoms with Crippen LogP contribution >= 0.6 is 0 Å². The number of rotatable bonds is 2. The molecule has 1 aliphatic rings. The molecule has 0 fully saturated rings. The fraction of sp³-hybridized carbons (Fsp3) is 0.235. The molecule has 0 saturated heterocycles. The molecule has 0 aromatic heterocycles. The summed E-state index contributed by atoms with van der Waals surface area (Å²) in [7, 11) is 0. The summed E-state index contributed by atoms with van der Waals surface area (Å²) in [5, 5.41) is 0. The van der Waals surface area contributed by atoms with Crippen LogP contribution in [0.2, 0.25) is 0 Å². The predicted octanol–water partition coefficient (Wildman–Crippen LogP) is 3.38. The summed E-state index contributed by atoms with van der Waals surface area (Å²) in [6, 6.07) is 10.2. The Morgan fingerprint density at radius 2 is 1.48 bits per heavy atom. The highest BCUT2D eigenvalue weighted by atomic mass is 19.1. The van der Waals surface area contributed by atoms with Crippen LogP contribution in [0.1, 0.15) is 21.5 Å². The zero-order chi connectivity index (χ0) is 14.8. The molecule has 21 heavy (non-hydrogen) atoms. The van der Waals surface area contributed by atoms with E-state index in [2.05, 4.69) is 12.1 Å². The highest BCUT2D eigenvalue weighted by Gasteiger charge is 2.20. The number of aldehydes is 1. The minimum atomic E-state index is -0.678. The third-order valence-electron chi connectivity index (χ3n) is 3.91. The number of benzene rings is 2. The van der Waals surface area contributed by atoms with Crippen molar-refractivity contribution < 1.29 is 13.6 Å². The Kier molecular flexibility index (Phi) is 3.69. The first-order valence-corrected chi connectivity index (χ1v) is 6.95. The smallest absolute Gasteiger partial charge is 0.150 e. The first-order valence-electron chi connectivity index (χ1n) is 6.95. The summed E-state index contributed by atoms with van der Waals surface area (Å²) in [5.41, 5.74) is 2.44. The van der Waals surface area contributed by atoms with Crippen LogP contribution in [-0.4, -0.2) is 19.4 Å². The average Bonchev–Trinajstić information content (AvgIpc) is 2.69. The molecule has 0 amide bonds. The van der Waals surface area contributed by atoms with Crippen molar-refractivity contribution in [3.8, 4) is 0 Å². The molecule has 0 N–H and O–H groups in total. The Bertz CT molecular complexity index is 634. The van der Waals surface area contributed by atoms with E-state index >= 15 is 0 Å². The third kappa shape index (κ3) is 2.66. The van der Waals surface area contributed by atoms with Gasteiger partial charge in [-0.2, -0.15) is 0 Å². The second-order valence-corrected chi connectivity index (χ2v) is 5.21. The van der Waals surface area contributed by atoms with E-state index in [0.717, 1.165) is 25.0 Å². The van der Waals surface area contributed by atoms with Crippen molar-refractivity contribution >= 4 is 12.0 Å². The monoisotopic (exact) mass is 287 g/mol. The Balaban J connectivity index is 1.91. The van der Waals surface area contributed by atoms with Crippen molar-refractivity contribution in [1.29, 1.82) is 0 Å². The second kappa shape index (κ2) is 5.64. The SMILES string of the molecule is O=Cc1cc(F)c(N2CCc3ccccc3CC2)c(F)c1. The second-order valence-electron chi connectivity index (χ2n) is 5.21. The van der Waals surface area contributed by atoms with Gasteiger partial charge in [0.25, 0.3) is 0 Å². The largest absolute Gasteiger partial charge is 0.366 e. The summed E-state index contributed by atoms with van der Waals surface area (Å²) >= 11 is 0. The molecule has 0 atom stereocenters. The van der Waals surface area contributed by atoms with Gasteiger partial charge >= 0.3 is 0 Å². The quantitative estimate of drug-likeness (QED) is 0.789. The molecule has 2 nitrogen and oxygen atoms in total. The Morgan fingerprint density at radius 1 is 0.952 bits per heavy atom. The number of anilines is 1. The zero-order valence-electron chi connectivity index (χ0n) is 11.5. The molecule has 4 heteroatoms. The first kappa shape index (κ1) is 13.7. The minimum absolute atomic E-state index is 0.0202. The summed E-state index contributed by atoms with van der Waals surface area (Å²) in [6.45, 7) is 1.12. The molecule has 0 bridgehead atoms. The zero-order valence-corrected chi connectivity index (χ0v) is 11.5. The first-order chi connectivity index (χ1) is 10.2. The third-order valence-corrected chi connectivity index (χ3v) is 3.91. The molecular weight excluding hydrogens is 272 g/mol. The maximum Gasteiger partial charge on any atom is 0.150 e. The molecule has 0 unspecified atom stereocenters. The Hall–Kier alpha value is -2.23. The van der Waals surface area contributed by atoms with Crippen LogP contribution in [-0.2, 0) is 12.8 Å². The van der Waals surface area contributed by atoms with Crippen LogP contribution < -0.4 is 4.90 Å². The Labute approximate surface area is 122 Å². The van der Waals surface area contributed by atoms with Crippen molar-refractivity contribution in [2.45, 2.75) is 12.8 Å². The van der Waals surface area contributed by atoms with Gasteiger partial charge in [0.1, 0.15) is 23.6 Å². The maximum atomic E-state index is 14.1. The minimum Gasteiger partial charge on any atom is -0.366 e. The summed E-state index contributed by atoms with van der Waals surface area (Å²) in [5.74, 6) is -1.36. The van der Waals surface area contributed by atoms with Crippen molar-refractivity contribution in [2.75, 3.05) is 18.0 Å². The van der Waals surface area contributed by atoms with Crippen molar-refractivity contribution in [3.05, 3.63) is 64.7 Å². The molecule has 0 saturated carbocycles. The lowest BCUT2D eigenvalue weighted by atomic mass is 10.0. The van der Waals surface area contributed by atoms with Gasteiger partial charge in [0.15, 0.2) is 0 Å². The van der Waals surface area contributed by atoms with Gasteiger partial charge < -0.3 is 4.90 Å². The van der Waals surface area contributed by atoms with E-state index in [0.29, 0.717) is 19.4 Å². The molecule has 0 aliphatic carbocycles. The van der Waals surface area contributed by atoms with Gasteiger partial charge in [-0.05, 0) is 36.1 Å². The predicted molar refractivity (Wildman–Crippen MR) is 77.8 cm³/mol. The fourth-order valence-electron chi connectivity index (χ4n) is 2.85. The molecule has 2 aromatic rings. The summed E-state index contributed by atoms with van der Waals surface area (Å²) in [6.07, 6.45) is 1.96. The average molecular weight is 287 g/mol. The molecule has 2 aromatic carbocycles. The number of hydrogen-bond donors (Lipinski definition) is 0. The topological polar surface area (TPSA) is 20.3 Å². The van der Waals surface area contributed by atoms with E-state index in [1.54, 1.807) is 4.90 Å². The van der Waals surface area contributed by atoms with Gasteiger partial charge in [-0.15, -0.1) is 0 Å². The van der Waals surface area contributed by atoms with Gasteiger partial charge in [0, 0.05) is 18.7 Å². The standard InChI is InChI=1S/C17H15F2NO/c18-15-9-12(11-21)10-16(19)17(15)20-7-5-13-3-1-2-4-14(13)6-8-20/h1-4,9-11H,5-8H2. The van der Waals surface area contributed by atoms with Crippen LogP contribution in [0.3, 0.4) is 0 Å². The van der Waals surface area contributed by atoms with Crippen LogP contribution in [0.25, 0.3) is 0 Å². The van der Waals surface area contributed by atoms with E-state index in [9.17, 15) is 13.6 Å². The lowest BCUT2D eigenvalue weighted by Crippen LogP contribution is -2.28. The highest BCUT2D eigenvalue weighted by molar-refractivity contribution is 5.76. The van der Waals surface area contributed by atoms with E-state index in [1.165, 1.54) is 11.1 Å². The maximum absolute atomic E-state index is 14.1. The normalized spacial score (nSPS) is 14.5. The molecule has 3 rings (SSSR count). The van der Waals surface area contributed by atoms with Crippen molar-refractivity contribution in [1.82, 2.24) is 0 Å². The van der Waals surface area contributed by atoms with E-state index < -0.39 is 11.6 Å². The highest BCUT2D eigenvalue weighted by Crippen LogP contribution is 2.27. The molecule has 0 spiro atoms.